The average molecular weight is 244 g/mol. The lowest BCUT2D eigenvalue weighted by Gasteiger charge is -2.30. The Morgan fingerprint density at radius 3 is 2.00 bits per heavy atom. The molecule has 0 saturated carbocycles. The van der Waals surface area contributed by atoms with Gasteiger partial charge in [0.25, 0.3) is 0 Å². The van der Waals surface area contributed by atoms with E-state index in [0.717, 1.165) is 0 Å². The van der Waals surface area contributed by atoms with Crippen LogP contribution in [0.4, 0.5) is 0 Å². The van der Waals surface area contributed by atoms with Gasteiger partial charge in [0.05, 0.1) is 6.04 Å². The van der Waals surface area contributed by atoms with Crippen LogP contribution in [0.5, 0.6) is 0 Å². The molecule has 0 fully saturated rings. The van der Waals surface area contributed by atoms with E-state index in [1.165, 1.54) is 0 Å². The molecule has 0 radical (unpaired) electrons. The molecule has 0 aromatic carbocycles. The molecule has 0 heterocycles. The predicted octanol–water partition coefficient (Wildman–Crippen LogP) is 1.13. The zero-order valence-electron chi connectivity index (χ0n) is 11.5. The van der Waals surface area contributed by atoms with Crippen LogP contribution in [0.1, 0.15) is 48.0 Å². The number of carboxylic acid groups (broad SMARTS) is 1. The van der Waals surface area contributed by atoms with Crippen LogP contribution < -0.4 is 10.6 Å². The van der Waals surface area contributed by atoms with Crippen LogP contribution in [-0.2, 0) is 9.59 Å². The Hall–Kier alpha value is -1.10. The van der Waals surface area contributed by atoms with Crippen LogP contribution in [0.25, 0.3) is 0 Å². The summed E-state index contributed by atoms with van der Waals surface area (Å²) < 4.78 is 0. The number of nitrogens with one attached hydrogen (secondary N) is 2. The number of carbonyl (C=O) groups is 2. The Bertz CT molecular complexity index is 297. The van der Waals surface area contributed by atoms with Gasteiger partial charge in [-0.3, -0.25) is 14.9 Å². The molecule has 1 amide bonds. The van der Waals surface area contributed by atoms with Crippen molar-refractivity contribution in [1.82, 2.24) is 10.6 Å². The first-order valence-corrected chi connectivity index (χ1v) is 5.85. The van der Waals surface area contributed by atoms with Crippen LogP contribution in [-0.4, -0.2) is 34.1 Å². The molecule has 2 unspecified atom stereocenters. The van der Waals surface area contributed by atoms with Crippen LogP contribution >= 0.6 is 0 Å². The SMILES string of the molecule is CCC(C)(NC(C)C(=O)NC(C)(C)C)C(=O)O. The first kappa shape index (κ1) is 15.9. The molecule has 3 N–H and O–H groups in total. The number of carboxylic acids is 1. The Morgan fingerprint density at radius 1 is 1.24 bits per heavy atom. The minimum absolute atomic E-state index is 0.196. The van der Waals surface area contributed by atoms with Gasteiger partial charge in [0.2, 0.25) is 5.91 Å². The molecule has 0 rings (SSSR count). The van der Waals surface area contributed by atoms with Crippen LogP contribution in [0.15, 0.2) is 0 Å². The molecule has 100 valence electrons. The Kier molecular flexibility index (Phi) is 5.13. The standard InChI is InChI=1S/C12H24N2O3/c1-7-12(6,10(16)17)13-8(2)9(15)14-11(3,4)5/h8,13H,7H2,1-6H3,(H,14,15)(H,16,17). The maximum Gasteiger partial charge on any atom is 0.323 e. The molecule has 5 nitrogen and oxygen atoms in total. The van der Waals surface area contributed by atoms with E-state index in [1.54, 1.807) is 20.8 Å². The van der Waals surface area contributed by atoms with Crippen molar-refractivity contribution in [2.24, 2.45) is 0 Å². The van der Waals surface area contributed by atoms with Crippen molar-refractivity contribution in [3.05, 3.63) is 0 Å². The smallest absolute Gasteiger partial charge is 0.323 e. The van der Waals surface area contributed by atoms with E-state index in [1.807, 2.05) is 20.8 Å². The number of rotatable bonds is 5. The second kappa shape index (κ2) is 5.49. The molecule has 0 aliphatic rings. The van der Waals surface area contributed by atoms with E-state index in [2.05, 4.69) is 10.6 Å². The summed E-state index contributed by atoms with van der Waals surface area (Å²) in [5, 5.41) is 14.8. The van der Waals surface area contributed by atoms with Gasteiger partial charge in [-0.2, -0.15) is 0 Å². The monoisotopic (exact) mass is 244 g/mol. The van der Waals surface area contributed by atoms with Gasteiger partial charge in [-0.1, -0.05) is 6.92 Å². The minimum atomic E-state index is -1.07. The number of hydrogen-bond acceptors (Lipinski definition) is 3. The summed E-state index contributed by atoms with van der Waals surface area (Å²) in [5.74, 6) is -1.14. The lowest BCUT2D eigenvalue weighted by molar-refractivity contribution is -0.145. The van der Waals surface area contributed by atoms with Crippen molar-refractivity contribution < 1.29 is 14.7 Å². The van der Waals surface area contributed by atoms with Crippen LogP contribution in [0.2, 0.25) is 0 Å². The van der Waals surface area contributed by atoms with E-state index in [-0.39, 0.29) is 11.4 Å². The van der Waals surface area contributed by atoms with Crippen LogP contribution in [0, 0.1) is 0 Å². The van der Waals surface area contributed by atoms with Gasteiger partial charge in [0.15, 0.2) is 0 Å². The van der Waals surface area contributed by atoms with E-state index in [4.69, 9.17) is 5.11 Å². The molecule has 0 saturated heterocycles. The third-order valence-electron chi connectivity index (χ3n) is 2.61. The van der Waals surface area contributed by atoms with Crippen LogP contribution in [0.3, 0.4) is 0 Å². The van der Waals surface area contributed by atoms with Crippen molar-refractivity contribution in [2.75, 3.05) is 0 Å². The molecular weight excluding hydrogens is 220 g/mol. The van der Waals surface area contributed by atoms with Gasteiger partial charge < -0.3 is 10.4 Å². The molecule has 0 bridgehead atoms. The molecule has 0 aromatic heterocycles. The number of carbonyl (C=O) groups excluding carboxylic acids is 1. The quantitative estimate of drug-likeness (QED) is 0.677. The Balaban J connectivity index is 4.58. The topological polar surface area (TPSA) is 78.4 Å². The fourth-order valence-corrected chi connectivity index (χ4v) is 1.34. The highest BCUT2D eigenvalue weighted by Crippen LogP contribution is 2.11. The molecule has 17 heavy (non-hydrogen) atoms. The fraction of sp³-hybridized carbons (Fsp3) is 0.833. The molecule has 0 aromatic rings. The zero-order chi connectivity index (χ0) is 13.9. The molecule has 2 atom stereocenters. The molecule has 0 spiro atoms. The van der Waals surface area contributed by atoms with Crippen molar-refractivity contribution in [2.45, 2.75) is 65.1 Å². The third kappa shape index (κ3) is 5.17. The van der Waals surface area contributed by atoms with Crippen molar-refractivity contribution >= 4 is 11.9 Å². The molecular formula is C12H24N2O3. The highest BCUT2D eigenvalue weighted by atomic mass is 16.4. The third-order valence-corrected chi connectivity index (χ3v) is 2.61. The summed E-state index contributed by atoms with van der Waals surface area (Å²) in [6.45, 7) is 10.7. The summed E-state index contributed by atoms with van der Waals surface area (Å²) >= 11 is 0. The number of amides is 1. The summed E-state index contributed by atoms with van der Waals surface area (Å²) in [6.07, 6.45) is 0.412. The van der Waals surface area contributed by atoms with Gasteiger partial charge >= 0.3 is 5.97 Å². The first-order valence-electron chi connectivity index (χ1n) is 5.85. The molecule has 5 heteroatoms. The summed E-state index contributed by atoms with van der Waals surface area (Å²) in [7, 11) is 0. The maximum absolute atomic E-state index is 11.8. The first-order chi connectivity index (χ1) is 7.52. The van der Waals surface area contributed by atoms with E-state index in [9.17, 15) is 9.59 Å². The van der Waals surface area contributed by atoms with E-state index >= 15 is 0 Å². The maximum atomic E-state index is 11.8. The fourth-order valence-electron chi connectivity index (χ4n) is 1.34. The summed E-state index contributed by atoms with van der Waals surface area (Å²) in [4.78, 5) is 22.9. The van der Waals surface area contributed by atoms with E-state index in [0.29, 0.717) is 6.42 Å². The summed E-state index contributed by atoms with van der Waals surface area (Å²) in [6, 6.07) is -0.546. The average Bonchev–Trinajstić information content (AvgIpc) is 2.14. The van der Waals surface area contributed by atoms with Crippen molar-refractivity contribution in [3.8, 4) is 0 Å². The van der Waals surface area contributed by atoms with Crippen molar-refractivity contribution in [3.63, 3.8) is 0 Å². The molecule has 0 aliphatic heterocycles. The normalized spacial score (nSPS) is 17.1. The summed E-state index contributed by atoms with van der Waals surface area (Å²) in [5.41, 5.74) is -1.40. The number of aliphatic carboxylic acids is 1. The van der Waals surface area contributed by atoms with Crippen molar-refractivity contribution in [1.29, 1.82) is 0 Å². The highest BCUT2D eigenvalue weighted by molar-refractivity contribution is 5.84. The zero-order valence-corrected chi connectivity index (χ0v) is 11.5. The highest BCUT2D eigenvalue weighted by Gasteiger charge is 2.34. The minimum Gasteiger partial charge on any atom is -0.480 e. The van der Waals surface area contributed by atoms with E-state index < -0.39 is 17.6 Å². The Morgan fingerprint density at radius 2 is 1.71 bits per heavy atom. The second-order valence-electron chi connectivity index (χ2n) is 5.60. The second-order valence-corrected chi connectivity index (χ2v) is 5.60. The molecule has 0 aliphatic carbocycles. The van der Waals surface area contributed by atoms with Gasteiger partial charge in [0.1, 0.15) is 5.54 Å². The lowest BCUT2D eigenvalue weighted by Crippen LogP contribution is -2.58. The van der Waals surface area contributed by atoms with Gasteiger partial charge in [0, 0.05) is 5.54 Å². The van der Waals surface area contributed by atoms with Gasteiger partial charge in [-0.25, -0.2) is 0 Å². The largest absolute Gasteiger partial charge is 0.480 e. The van der Waals surface area contributed by atoms with Gasteiger partial charge in [-0.05, 0) is 41.0 Å². The number of hydrogen-bond donors (Lipinski definition) is 3. The lowest BCUT2D eigenvalue weighted by atomic mass is 9.97. The predicted molar refractivity (Wildman–Crippen MR) is 66.8 cm³/mol. The Labute approximate surface area is 103 Å². The van der Waals surface area contributed by atoms with Gasteiger partial charge in [-0.15, -0.1) is 0 Å².